The Morgan fingerprint density at radius 1 is 0.927 bits per heavy atom. The molecule has 0 fully saturated rings. The predicted octanol–water partition coefficient (Wildman–Crippen LogP) is 4.88. The summed E-state index contributed by atoms with van der Waals surface area (Å²) in [5.41, 5.74) is 0.938. The van der Waals surface area contributed by atoms with E-state index in [1.165, 1.54) is 37.3 Å². The number of hydrogen-bond acceptors (Lipinski definition) is 6. The Morgan fingerprint density at radius 2 is 1.56 bits per heavy atom. The summed E-state index contributed by atoms with van der Waals surface area (Å²) in [6.07, 6.45) is 0.319. The zero-order chi connectivity index (χ0) is 30.2. The molecule has 3 aromatic carbocycles. The van der Waals surface area contributed by atoms with Crippen LogP contribution in [-0.4, -0.2) is 58.0 Å². The molecule has 1 N–H and O–H groups in total. The van der Waals surface area contributed by atoms with Gasteiger partial charge >= 0.3 is 0 Å². The summed E-state index contributed by atoms with van der Waals surface area (Å²) >= 11 is 6.06. The minimum Gasteiger partial charge on any atom is -0.493 e. The van der Waals surface area contributed by atoms with E-state index < -0.39 is 28.5 Å². The summed E-state index contributed by atoms with van der Waals surface area (Å²) in [6, 6.07) is 18.4. The van der Waals surface area contributed by atoms with Crippen molar-refractivity contribution in [2.45, 2.75) is 50.7 Å². The van der Waals surface area contributed by atoms with Gasteiger partial charge in [0.15, 0.2) is 11.5 Å². The second-order valence-electron chi connectivity index (χ2n) is 9.60. The molecule has 0 spiro atoms. The standard InChI is InChI=1S/C30H36ClN3O6S/c1-6-26(30(36)32-21(2)3)33(19-22-12-14-23(31)15-13-22)29(35)20-34(41(37,38)25-10-8-7-9-11-25)24-16-17-27(39-4)28(18-24)40-5/h7-18,21,26H,6,19-20H2,1-5H3,(H,32,36)/t26-/m1/s1. The highest BCUT2D eigenvalue weighted by molar-refractivity contribution is 7.92. The average Bonchev–Trinajstić information content (AvgIpc) is 2.96. The first-order chi connectivity index (χ1) is 19.5. The van der Waals surface area contributed by atoms with Crippen LogP contribution in [0, 0.1) is 0 Å². The van der Waals surface area contributed by atoms with Gasteiger partial charge in [-0.05, 0) is 62.2 Å². The molecule has 0 saturated heterocycles. The summed E-state index contributed by atoms with van der Waals surface area (Å²) in [6.45, 7) is 4.99. The number of amides is 2. The van der Waals surface area contributed by atoms with Crippen molar-refractivity contribution in [1.82, 2.24) is 10.2 Å². The third kappa shape index (κ3) is 7.92. The van der Waals surface area contributed by atoms with Crippen molar-refractivity contribution in [3.8, 4) is 11.5 Å². The van der Waals surface area contributed by atoms with E-state index in [1.807, 2.05) is 13.8 Å². The zero-order valence-electron chi connectivity index (χ0n) is 23.8. The maximum absolute atomic E-state index is 14.1. The smallest absolute Gasteiger partial charge is 0.264 e. The molecule has 0 aliphatic carbocycles. The molecule has 0 aliphatic rings. The lowest BCUT2D eigenvalue weighted by Crippen LogP contribution is -2.53. The molecular formula is C30H36ClN3O6S. The van der Waals surface area contributed by atoms with Crippen molar-refractivity contribution in [2.24, 2.45) is 0 Å². The summed E-state index contributed by atoms with van der Waals surface area (Å²) in [5, 5.41) is 3.41. The maximum atomic E-state index is 14.1. The van der Waals surface area contributed by atoms with Gasteiger partial charge in [0.05, 0.1) is 24.8 Å². The number of halogens is 1. The molecule has 0 radical (unpaired) electrons. The van der Waals surface area contributed by atoms with Crippen LogP contribution < -0.4 is 19.1 Å². The molecule has 0 aliphatic heterocycles. The molecule has 3 aromatic rings. The maximum Gasteiger partial charge on any atom is 0.264 e. The van der Waals surface area contributed by atoms with Crippen molar-refractivity contribution in [2.75, 3.05) is 25.1 Å². The molecule has 41 heavy (non-hydrogen) atoms. The third-order valence-corrected chi connectivity index (χ3v) is 8.39. The van der Waals surface area contributed by atoms with Gasteiger partial charge in [0, 0.05) is 23.7 Å². The molecule has 9 nitrogen and oxygen atoms in total. The molecule has 0 bridgehead atoms. The highest BCUT2D eigenvalue weighted by atomic mass is 35.5. The Bertz CT molecular complexity index is 1430. The molecular weight excluding hydrogens is 566 g/mol. The second-order valence-corrected chi connectivity index (χ2v) is 11.9. The highest BCUT2D eigenvalue weighted by Gasteiger charge is 2.34. The number of carbonyl (C=O) groups excluding carboxylic acids is 2. The summed E-state index contributed by atoms with van der Waals surface area (Å²) < 4.78 is 39.6. The first kappa shape index (κ1) is 31.8. The number of nitrogens with one attached hydrogen (secondary N) is 1. The lowest BCUT2D eigenvalue weighted by atomic mass is 10.1. The van der Waals surface area contributed by atoms with E-state index >= 15 is 0 Å². The van der Waals surface area contributed by atoms with E-state index in [1.54, 1.807) is 61.5 Å². The normalized spacial score (nSPS) is 12.0. The first-order valence-corrected chi connectivity index (χ1v) is 15.0. The highest BCUT2D eigenvalue weighted by Crippen LogP contribution is 2.34. The van der Waals surface area contributed by atoms with Gasteiger partial charge in [-0.15, -0.1) is 0 Å². The molecule has 0 heterocycles. The van der Waals surface area contributed by atoms with Gasteiger partial charge in [-0.3, -0.25) is 13.9 Å². The molecule has 1 atom stereocenters. The van der Waals surface area contributed by atoms with Crippen LogP contribution >= 0.6 is 11.6 Å². The second kappa shape index (κ2) is 14.2. The molecule has 220 valence electrons. The van der Waals surface area contributed by atoms with Crippen LogP contribution in [0.5, 0.6) is 11.5 Å². The number of rotatable bonds is 13. The largest absolute Gasteiger partial charge is 0.493 e. The van der Waals surface area contributed by atoms with E-state index in [9.17, 15) is 18.0 Å². The van der Waals surface area contributed by atoms with Crippen molar-refractivity contribution in [3.05, 3.63) is 83.4 Å². The first-order valence-electron chi connectivity index (χ1n) is 13.2. The Balaban J connectivity index is 2.10. The molecule has 3 rings (SSSR count). The van der Waals surface area contributed by atoms with Crippen LogP contribution in [0.2, 0.25) is 5.02 Å². The van der Waals surface area contributed by atoms with Crippen molar-refractivity contribution < 1.29 is 27.5 Å². The fourth-order valence-corrected chi connectivity index (χ4v) is 5.87. The minimum absolute atomic E-state index is 0.0106. The number of sulfonamides is 1. The Hall–Kier alpha value is -3.76. The van der Waals surface area contributed by atoms with Crippen molar-refractivity contribution in [3.63, 3.8) is 0 Å². The lowest BCUT2D eigenvalue weighted by molar-refractivity contribution is -0.140. The number of anilines is 1. The Morgan fingerprint density at radius 3 is 2.12 bits per heavy atom. The number of hydrogen-bond donors (Lipinski definition) is 1. The van der Waals surface area contributed by atoms with Gasteiger partial charge in [0.1, 0.15) is 12.6 Å². The SMILES string of the molecule is CC[C@H](C(=O)NC(C)C)N(Cc1ccc(Cl)cc1)C(=O)CN(c1ccc(OC)c(OC)c1)S(=O)(=O)c1ccccc1. The number of methoxy groups -OCH3 is 2. The molecule has 0 saturated carbocycles. The number of nitrogens with zero attached hydrogens (tertiary/aromatic N) is 2. The fourth-order valence-electron chi connectivity index (χ4n) is 4.32. The molecule has 11 heteroatoms. The van der Waals surface area contributed by atoms with Gasteiger partial charge in [-0.2, -0.15) is 0 Å². The van der Waals surface area contributed by atoms with Crippen LogP contribution in [-0.2, 0) is 26.2 Å². The van der Waals surface area contributed by atoms with Crippen LogP contribution in [0.4, 0.5) is 5.69 Å². The fraction of sp³-hybridized carbons (Fsp3) is 0.333. The number of ether oxygens (including phenoxy) is 2. The molecule has 0 unspecified atom stereocenters. The van der Waals surface area contributed by atoms with Crippen LogP contribution in [0.1, 0.15) is 32.8 Å². The Kier molecular flexibility index (Phi) is 11.0. The van der Waals surface area contributed by atoms with Crippen LogP contribution in [0.25, 0.3) is 0 Å². The number of benzene rings is 3. The predicted molar refractivity (Wildman–Crippen MR) is 160 cm³/mol. The number of carbonyl (C=O) groups is 2. The lowest BCUT2D eigenvalue weighted by Gasteiger charge is -2.33. The third-order valence-electron chi connectivity index (χ3n) is 6.35. The van der Waals surface area contributed by atoms with E-state index in [2.05, 4.69) is 5.32 Å². The van der Waals surface area contributed by atoms with Crippen molar-refractivity contribution in [1.29, 1.82) is 0 Å². The molecule has 0 aromatic heterocycles. The quantitative estimate of drug-likeness (QED) is 0.299. The zero-order valence-corrected chi connectivity index (χ0v) is 25.4. The Labute approximate surface area is 247 Å². The summed E-state index contributed by atoms with van der Waals surface area (Å²) in [4.78, 5) is 28.7. The van der Waals surface area contributed by atoms with Crippen LogP contribution in [0.15, 0.2) is 77.7 Å². The minimum atomic E-state index is -4.21. The van der Waals surface area contributed by atoms with E-state index in [0.717, 1.165) is 9.87 Å². The van der Waals surface area contributed by atoms with Crippen molar-refractivity contribution >= 4 is 39.1 Å². The topological polar surface area (TPSA) is 105 Å². The van der Waals surface area contributed by atoms with Gasteiger partial charge in [-0.1, -0.05) is 48.9 Å². The van der Waals surface area contributed by atoms with Crippen LogP contribution in [0.3, 0.4) is 0 Å². The van der Waals surface area contributed by atoms with Gasteiger partial charge in [0.25, 0.3) is 10.0 Å². The van der Waals surface area contributed by atoms with Gasteiger partial charge < -0.3 is 19.7 Å². The van der Waals surface area contributed by atoms with E-state index in [4.69, 9.17) is 21.1 Å². The van der Waals surface area contributed by atoms with Gasteiger partial charge in [-0.25, -0.2) is 8.42 Å². The van der Waals surface area contributed by atoms with E-state index in [0.29, 0.717) is 22.9 Å². The average molecular weight is 602 g/mol. The molecule has 2 amide bonds. The van der Waals surface area contributed by atoms with Gasteiger partial charge in [0.2, 0.25) is 11.8 Å². The summed E-state index contributed by atoms with van der Waals surface area (Å²) in [5.74, 6) is -0.180. The van der Waals surface area contributed by atoms with E-state index in [-0.39, 0.29) is 29.1 Å². The monoisotopic (exact) mass is 601 g/mol. The summed E-state index contributed by atoms with van der Waals surface area (Å²) in [7, 11) is -1.29.